The van der Waals surface area contributed by atoms with Crippen molar-refractivity contribution in [1.29, 1.82) is 0 Å². The second-order valence-corrected chi connectivity index (χ2v) is 9.84. The molecule has 2 aromatic carbocycles. The number of hydrogen-bond donors (Lipinski definition) is 9. The molecule has 1 heterocycles. The quantitative estimate of drug-likeness (QED) is 0.193. The highest BCUT2D eigenvalue weighted by atomic mass is 16.3. The summed E-state index contributed by atoms with van der Waals surface area (Å²) in [7, 11) is 0. The Morgan fingerprint density at radius 3 is 2.15 bits per heavy atom. The molecule has 0 saturated heterocycles. The lowest BCUT2D eigenvalue weighted by Crippen LogP contribution is -2.57. The summed E-state index contributed by atoms with van der Waals surface area (Å²) in [5.74, 6) is -1.75. The summed E-state index contributed by atoms with van der Waals surface area (Å²) in [4.78, 5) is 39.5. The Morgan fingerprint density at radius 2 is 1.56 bits per heavy atom. The Hall–Kier alpha value is -3.71. The van der Waals surface area contributed by atoms with Crippen LogP contribution in [-0.4, -0.2) is 71.7 Å². The number of hydrogen-bond acceptors (Lipinski definition) is 9. The fourth-order valence-corrected chi connectivity index (χ4v) is 4.43. The largest absolute Gasteiger partial charge is 0.508 e. The monoisotopic (exact) mass is 541 g/mol. The summed E-state index contributed by atoms with van der Waals surface area (Å²) in [6.45, 7) is 0.796. The first-order valence-corrected chi connectivity index (χ1v) is 13.1. The molecule has 0 aliphatic carbocycles. The van der Waals surface area contributed by atoms with E-state index in [4.69, 9.17) is 22.9 Å². The van der Waals surface area contributed by atoms with E-state index >= 15 is 0 Å². The lowest BCUT2D eigenvalue weighted by molar-refractivity contribution is -0.132. The smallest absolute Gasteiger partial charge is 0.243 e. The van der Waals surface area contributed by atoms with Crippen LogP contribution in [0.25, 0.3) is 11.1 Å². The predicted octanol–water partition coefficient (Wildman–Crippen LogP) is -1.31. The predicted molar refractivity (Wildman–Crippen MR) is 147 cm³/mol. The van der Waals surface area contributed by atoms with Crippen LogP contribution in [0.4, 0.5) is 0 Å². The average molecular weight is 542 g/mol. The van der Waals surface area contributed by atoms with Crippen LogP contribution in [-0.2, 0) is 27.2 Å². The van der Waals surface area contributed by atoms with Gasteiger partial charge < -0.3 is 49.1 Å². The lowest BCUT2D eigenvalue weighted by Gasteiger charge is -2.25. The van der Waals surface area contributed by atoms with Gasteiger partial charge in [-0.05, 0) is 78.9 Å². The highest BCUT2D eigenvalue weighted by molar-refractivity contribution is 5.93. The minimum Gasteiger partial charge on any atom is -0.508 e. The molecule has 0 aromatic heterocycles. The molecule has 0 radical (unpaired) electrons. The zero-order valence-electron chi connectivity index (χ0n) is 21.9. The highest BCUT2D eigenvalue weighted by Gasteiger charge is 2.29. The van der Waals surface area contributed by atoms with Crippen LogP contribution in [0.15, 0.2) is 36.4 Å². The number of phenols is 2. The molecule has 0 unspecified atom stereocenters. The van der Waals surface area contributed by atoms with Crippen LogP contribution in [0.1, 0.15) is 30.4 Å². The molecule has 212 valence electrons. The van der Waals surface area contributed by atoms with Crippen molar-refractivity contribution in [3.8, 4) is 22.6 Å². The standard InChI is InChI=1S/C27H39N7O5/c28-8-1-2-21-27(39)34-22(26(38)32-14-19(30)7-9-29)13-18-11-16(4-6-24(18)36)15-3-5-23(35)17(10-15)12-20(31)25(37)33-21/h3-6,10-11,19-22,35-36H,1-2,7-9,12-14,28-31H2,(H,32,38)(H,33,37)(H,34,39)/t19-,20-,21-,22-/m0/s1. The van der Waals surface area contributed by atoms with E-state index in [9.17, 15) is 24.6 Å². The number of nitrogens with one attached hydrogen (secondary N) is 3. The Balaban J connectivity index is 2.03. The number of carbonyl (C=O) groups excluding carboxylic acids is 3. The number of aromatic hydroxyl groups is 2. The summed E-state index contributed by atoms with van der Waals surface area (Å²) in [5.41, 5.74) is 25.6. The van der Waals surface area contributed by atoms with Crippen molar-refractivity contribution in [2.24, 2.45) is 22.9 Å². The van der Waals surface area contributed by atoms with E-state index in [1.807, 2.05) is 0 Å². The van der Waals surface area contributed by atoms with Gasteiger partial charge in [-0.25, -0.2) is 0 Å². The van der Waals surface area contributed by atoms with Gasteiger partial charge in [0.1, 0.15) is 23.6 Å². The molecule has 12 nitrogen and oxygen atoms in total. The number of rotatable bonds is 8. The maximum absolute atomic E-state index is 13.3. The van der Waals surface area contributed by atoms with E-state index in [0.717, 1.165) is 0 Å². The Morgan fingerprint density at radius 1 is 0.949 bits per heavy atom. The molecule has 1 aliphatic rings. The van der Waals surface area contributed by atoms with E-state index < -0.39 is 35.8 Å². The van der Waals surface area contributed by atoms with Gasteiger partial charge in [-0.3, -0.25) is 14.4 Å². The van der Waals surface area contributed by atoms with E-state index in [1.165, 1.54) is 12.1 Å². The number of phenolic OH excluding ortho intramolecular Hbond substituents is 2. The van der Waals surface area contributed by atoms with Crippen molar-refractivity contribution in [3.63, 3.8) is 0 Å². The average Bonchev–Trinajstić information content (AvgIpc) is 2.91. The van der Waals surface area contributed by atoms with Gasteiger partial charge in [0.15, 0.2) is 0 Å². The Labute approximate surface area is 227 Å². The van der Waals surface area contributed by atoms with Crippen LogP contribution in [0, 0.1) is 0 Å². The van der Waals surface area contributed by atoms with Crippen molar-refractivity contribution >= 4 is 17.7 Å². The highest BCUT2D eigenvalue weighted by Crippen LogP contribution is 2.30. The number of fused-ring (bicyclic) bond motifs is 5. The van der Waals surface area contributed by atoms with Gasteiger partial charge >= 0.3 is 0 Å². The summed E-state index contributed by atoms with van der Waals surface area (Å²) < 4.78 is 0. The number of carbonyl (C=O) groups is 3. The maximum Gasteiger partial charge on any atom is 0.243 e. The summed E-state index contributed by atoms with van der Waals surface area (Å²) in [6.07, 6.45) is 1.14. The van der Waals surface area contributed by atoms with Crippen molar-refractivity contribution in [3.05, 3.63) is 47.5 Å². The first-order valence-electron chi connectivity index (χ1n) is 13.1. The molecule has 13 N–H and O–H groups in total. The van der Waals surface area contributed by atoms with Gasteiger partial charge in [0.2, 0.25) is 17.7 Å². The van der Waals surface area contributed by atoms with Gasteiger partial charge in [0.05, 0.1) is 6.04 Å². The fraction of sp³-hybridized carbons (Fsp3) is 0.444. The molecule has 1 aliphatic heterocycles. The van der Waals surface area contributed by atoms with Crippen molar-refractivity contribution < 1.29 is 24.6 Å². The molecule has 3 rings (SSSR count). The normalized spacial score (nSPS) is 20.7. The minimum absolute atomic E-state index is 0.0210. The number of amides is 3. The zero-order valence-corrected chi connectivity index (χ0v) is 21.9. The minimum atomic E-state index is -1.09. The Bertz CT molecular complexity index is 1180. The van der Waals surface area contributed by atoms with Gasteiger partial charge in [-0.2, -0.15) is 0 Å². The van der Waals surface area contributed by atoms with E-state index in [0.29, 0.717) is 41.6 Å². The third-order valence-corrected chi connectivity index (χ3v) is 6.73. The summed E-state index contributed by atoms with van der Waals surface area (Å²) in [6, 6.07) is 6.33. The van der Waals surface area contributed by atoms with E-state index in [2.05, 4.69) is 16.0 Å². The molecule has 12 heteroatoms. The SMILES string of the molecule is NCCC[C@@H]1NC(=O)[C@@H](N)Cc2cc(ccc2O)-c2ccc(O)c(c2)C[C@@H](C(=O)NC[C@@H](N)CCN)NC1=O. The van der Waals surface area contributed by atoms with Gasteiger partial charge in [0, 0.05) is 25.4 Å². The van der Waals surface area contributed by atoms with Gasteiger partial charge in [-0.15, -0.1) is 0 Å². The van der Waals surface area contributed by atoms with Gasteiger partial charge in [0.25, 0.3) is 0 Å². The molecular formula is C27H39N7O5. The third kappa shape index (κ3) is 8.14. The van der Waals surface area contributed by atoms with Crippen molar-refractivity contribution in [2.45, 2.75) is 56.3 Å². The molecule has 3 amide bonds. The topological polar surface area (TPSA) is 232 Å². The van der Waals surface area contributed by atoms with E-state index in [1.54, 1.807) is 24.3 Å². The lowest BCUT2D eigenvalue weighted by atomic mass is 9.95. The molecule has 0 fully saturated rings. The van der Waals surface area contributed by atoms with Crippen molar-refractivity contribution in [1.82, 2.24) is 16.0 Å². The maximum atomic E-state index is 13.3. The fourth-order valence-electron chi connectivity index (χ4n) is 4.43. The first kappa shape index (κ1) is 29.8. The zero-order chi connectivity index (χ0) is 28.5. The molecule has 39 heavy (non-hydrogen) atoms. The molecule has 2 aromatic rings. The Kier molecular flexibility index (Phi) is 10.6. The molecule has 0 saturated carbocycles. The summed E-state index contributed by atoms with van der Waals surface area (Å²) >= 11 is 0. The second-order valence-electron chi connectivity index (χ2n) is 9.84. The second kappa shape index (κ2) is 13.9. The molecule has 0 spiro atoms. The molecular weight excluding hydrogens is 502 g/mol. The van der Waals surface area contributed by atoms with Crippen LogP contribution >= 0.6 is 0 Å². The van der Waals surface area contributed by atoms with Crippen LogP contribution in [0.5, 0.6) is 11.5 Å². The van der Waals surface area contributed by atoms with E-state index in [-0.39, 0.29) is 49.9 Å². The van der Waals surface area contributed by atoms with Crippen molar-refractivity contribution in [2.75, 3.05) is 19.6 Å². The van der Waals surface area contributed by atoms with Crippen LogP contribution < -0.4 is 38.9 Å². The molecule has 4 bridgehead atoms. The van der Waals surface area contributed by atoms with Crippen LogP contribution in [0.2, 0.25) is 0 Å². The molecule has 4 atom stereocenters. The number of benzene rings is 2. The third-order valence-electron chi connectivity index (χ3n) is 6.73. The number of nitrogens with two attached hydrogens (primary N) is 4. The summed E-state index contributed by atoms with van der Waals surface area (Å²) in [5, 5.41) is 29.2. The van der Waals surface area contributed by atoms with Gasteiger partial charge in [-0.1, -0.05) is 12.1 Å². The van der Waals surface area contributed by atoms with Crippen LogP contribution in [0.3, 0.4) is 0 Å². The first-order chi connectivity index (χ1) is 18.6.